The van der Waals surface area contributed by atoms with Crippen molar-refractivity contribution in [3.63, 3.8) is 0 Å². The Bertz CT molecular complexity index is 641. The van der Waals surface area contributed by atoms with E-state index in [4.69, 9.17) is 0 Å². The van der Waals surface area contributed by atoms with Crippen LogP contribution < -0.4 is 0 Å². The van der Waals surface area contributed by atoms with Crippen LogP contribution in [0.1, 0.15) is 15.9 Å². The Kier molecular flexibility index (Phi) is 4.47. The minimum atomic E-state index is -0.440. The highest BCUT2D eigenvalue weighted by molar-refractivity contribution is 9.10. The summed E-state index contributed by atoms with van der Waals surface area (Å²) >= 11 is 6.25. The lowest BCUT2D eigenvalue weighted by Gasteiger charge is -2.05. The van der Waals surface area contributed by atoms with E-state index in [9.17, 15) is 13.6 Å². The Morgan fingerprint density at radius 1 is 1.00 bits per heavy atom. The molecule has 0 bridgehead atoms. The molecule has 0 heterocycles. The lowest BCUT2D eigenvalue weighted by Crippen LogP contribution is -2.05. The molecular formula is C14H8Br2F2O. The van der Waals surface area contributed by atoms with Gasteiger partial charge in [-0.3, -0.25) is 4.79 Å². The summed E-state index contributed by atoms with van der Waals surface area (Å²) in [6.45, 7) is 0. The monoisotopic (exact) mass is 388 g/mol. The smallest absolute Gasteiger partial charge is 0.167 e. The average Bonchev–Trinajstić information content (AvgIpc) is 2.37. The molecule has 2 rings (SSSR count). The highest BCUT2D eigenvalue weighted by Gasteiger charge is 2.12. The average molecular weight is 390 g/mol. The van der Waals surface area contributed by atoms with Gasteiger partial charge in [-0.05, 0) is 57.9 Å². The Morgan fingerprint density at radius 3 is 2.37 bits per heavy atom. The van der Waals surface area contributed by atoms with Gasteiger partial charge in [0.05, 0.1) is 4.47 Å². The van der Waals surface area contributed by atoms with Crippen molar-refractivity contribution in [1.82, 2.24) is 0 Å². The van der Waals surface area contributed by atoms with Gasteiger partial charge in [0.25, 0.3) is 0 Å². The Morgan fingerprint density at radius 2 is 1.68 bits per heavy atom. The number of benzene rings is 2. The molecule has 0 saturated carbocycles. The normalized spacial score (nSPS) is 10.5. The van der Waals surface area contributed by atoms with Crippen molar-refractivity contribution in [1.29, 1.82) is 0 Å². The van der Waals surface area contributed by atoms with Crippen LogP contribution in [0.15, 0.2) is 45.3 Å². The van der Waals surface area contributed by atoms with E-state index < -0.39 is 11.6 Å². The van der Waals surface area contributed by atoms with Crippen molar-refractivity contribution >= 4 is 37.6 Å². The van der Waals surface area contributed by atoms with E-state index >= 15 is 0 Å². The van der Waals surface area contributed by atoms with Gasteiger partial charge in [-0.2, -0.15) is 0 Å². The molecular weight excluding hydrogens is 382 g/mol. The molecule has 1 nitrogen and oxygen atoms in total. The summed E-state index contributed by atoms with van der Waals surface area (Å²) < 4.78 is 27.5. The molecule has 0 aliphatic carbocycles. The van der Waals surface area contributed by atoms with Gasteiger partial charge in [0.2, 0.25) is 0 Å². The van der Waals surface area contributed by atoms with Crippen molar-refractivity contribution < 1.29 is 13.6 Å². The standard InChI is InChI=1S/C14H8Br2F2O/c15-10-2-4-12(17)9(5-10)7-14(19)8-1-3-13(18)11(16)6-8/h1-6H,7H2. The number of Topliss-reactive ketones (excluding diaryl/α,β-unsaturated/α-hetero) is 1. The molecule has 5 heteroatoms. The second-order valence-electron chi connectivity index (χ2n) is 3.96. The molecule has 0 N–H and O–H groups in total. The number of hydrogen-bond acceptors (Lipinski definition) is 1. The lowest BCUT2D eigenvalue weighted by atomic mass is 10.0. The molecule has 0 saturated heterocycles. The first-order valence-corrected chi connectivity index (χ1v) is 6.98. The molecule has 98 valence electrons. The highest BCUT2D eigenvalue weighted by atomic mass is 79.9. The third-order valence-corrected chi connectivity index (χ3v) is 3.70. The lowest BCUT2D eigenvalue weighted by molar-refractivity contribution is 0.0991. The van der Waals surface area contributed by atoms with E-state index in [1.807, 2.05) is 0 Å². The molecule has 0 amide bonds. The minimum Gasteiger partial charge on any atom is -0.294 e. The SMILES string of the molecule is O=C(Cc1cc(Br)ccc1F)c1ccc(F)c(Br)c1. The van der Waals surface area contributed by atoms with Crippen LogP contribution >= 0.6 is 31.9 Å². The molecule has 0 aliphatic rings. The van der Waals surface area contributed by atoms with Crippen LogP contribution in [0.2, 0.25) is 0 Å². The fourth-order valence-electron chi connectivity index (χ4n) is 1.62. The summed E-state index contributed by atoms with van der Waals surface area (Å²) in [6.07, 6.45) is -0.0661. The second-order valence-corrected chi connectivity index (χ2v) is 5.73. The zero-order chi connectivity index (χ0) is 14.0. The van der Waals surface area contributed by atoms with Gasteiger partial charge < -0.3 is 0 Å². The predicted octanol–water partition coefficient (Wildman–Crippen LogP) is 4.92. The van der Waals surface area contributed by atoms with Gasteiger partial charge in [-0.25, -0.2) is 8.78 Å². The summed E-state index contributed by atoms with van der Waals surface area (Å²) in [5, 5.41) is 0. The molecule has 19 heavy (non-hydrogen) atoms. The van der Waals surface area contributed by atoms with Crippen LogP contribution in [-0.2, 0) is 6.42 Å². The quantitative estimate of drug-likeness (QED) is 0.681. The topological polar surface area (TPSA) is 17.1 Å². The van der Waals surface area contributed by atoms with Gasteiger partial charge in [-0.15, -0.1) is 0 Å². The maximum Gasteiger partial charge on any atom is 0.167 e. The van der Waals surface area contributed by atoms with Crippen LogP contribution in [0, 0.1) is 11.6 Å². The Balaban J connectivity index is 2.25. The predicted molar refractivity (Wildman–Crippen MR) is 76.2 cm³/mol. The number of carbonyl (C=O) groups is 1. The molecule has 2 aromatic carbocycles. The molecule has 0 fully saturated rings. The van der Waals surface area contributed by atoms with Gasteiger partial charge in [0, 0.05) is 16.5 Å². The summed E-state index contributed by atoms with van der Waals surface area (Å²) in [5.41, 5.74) is 0.646. The second kappa shape index (κ2) is 5.92. The maximum absolute atomic E-state index is 13.5. The van der Waals surface area contributed by atoms with Crippen LogP contribution in [0.3, 0.4) is 0 Å². The van der Waals surface area contributed by atoms with Crippen molar-refractivity contribution in [2.45, 2.75) is 6.42 Å². The fourth-order valence-corrected chi connectivity index (χ4v) is 2.41. The van der Waals surface area contributed by atoms with Crippen LogP contribution in [-0.4, -0.2) is 5.78 Å². The van der Waals surface area contributed by atoms with Gasteiger partial charge in [-0.1, -0.05) is 15.9 Å². The number of rotatable bonds is 3. The number of ketones is 1. The van der Waals surface area contributed by atoms with E-state index in [1.165, 1.54) is 24.3 Å². The van der Waals surface area contributed by atoms with Crippen molar-refractivity contribution in [3.8, 4) is 0 Å². The van der Waals surface area contributed by atoms with Crippen LogP contribution in [0.4, 0.5) is 8.78 Å². The molecule has 0 aromatic heterocycles. The van der Waals surface area contributed by atoms with Gasteiger partial charge >= 0.3 is 0 Å². The number of carbonyl (C=O) groups excluding carboxylic acids is 1. The fraction of sp³-hybridized carbons (Fsp3) is 0.0714. The number of hydrogen-bond donors (Lipinski definition) is 0. The highest BCUT2D eigenvalue weighted by Crippen LogP contribution is 2.20. The van der Waals surface area contributed by atoms with Crippen LogP contribution in [0.25, 0.3) is 0 Å². The first-order valence-electron chi connectivity index (χ1n) is 5.39. The van der Waals surface area contributed by atoms with Gasteiger partial charge in [0.15, 0.2) is 5.78 Å². The first kappa shape index (κ1) is 14.3. The molecule has 0 atom stereocenters. The zero-order valence-corrected chi connectivity index (χ0v) is 12.8. The third-order valence-electron chi connectivity index (χ3n) is 2.60. The molecule has 0 aliphatic heterocycles. The van der Waals surface area contributed by atoms with E-state index in [0.717, 1.165) is 0 Å². The summed E-state index contributed by atoms with van der Waals surface area (Å²) in [6, 6.07) is 8.41. The molecule has 0 unspecified atom stereocenters. The van der Waals surface area contributed by atoms with E-state index in [2.05, 4.69) is 31.9 Å². The summed E-state index contributed by atoms with van der Waals surface area (Å²) in [4.78, 5) is 12.0. The summed E-state index contributed by atoms with van der Waals surface area (Å²) in [7, 11) is 0. The van der Waals surface area contributed by atoms with E-state index in [-0.39, 0.29) is 16.7 Å². The maximum atomic E-state index is 13.5. The molecule has 0 radical (unpaired) electrons. The van der Waals surface area contributed by atoms with Crippen molar-refractivity contribution in [3.05, 3.63) is 68.1 Å². The largest absolute Gasteiger partial charge is 0.294 e. The Labute approximate surface area is 125 Å². The zero-order valence-electron chi connectivity index (χ0n) is 9.59. The van der Waals surface area contributed by atoms with Crippen LogP contribution in [0.5, 0.6) is 0 Å². The van der Waals surface area contributed by atoms with Gasteiger partial charge in [0.1, 0.15) is 11.6 Å². The third kappa shape index (κ3) is 3.48. The number of halogens is 4. The Hall–Kier alpha value is -1.07. The van der Waals surface area contributed by atoms with E-state index in [1.54, 1.807) is 12.1 Å². The van der Waals surface area contributed by atoms with E-state index in [0.29, 0.717) is 15.6 Å². The summed E-state index contributed by atoms with van der Waals surface area (Å²) in [5.74, 6) is -1.14. The van der Waals surface area contributed by atoms with Crippen molar-refractivity contribution in [2.24, 2.45) is 0 Å². The minimum absolute atomic E-state index is 0.0661. The van der Waals surface area contributed by atoms with Crippen molar-refractivity contribution in [2.75, 3.05) is 0 Å². The molecule has 2 aromatic rings. The first-order chi connectivity index (χ1) is 8.97. The molecule has 0 spiro atoms.